The highest BCUT2D eigenvalue weighted by molar-refractivity contribution is 6.09. The van der Waals surface area contributed by atoms with Gasteiger partial charge in [0.2, 0.25) is 0 Å². The van der Waals surface area contributed by atoms with Crippen LogP contribution in [0.2, 0.25) is 0 Å². The lowest BCUT2D eigenvalue weighted by atomic mass is 9.98. The molecule has 3 heterocycles. The Morgan fingerprint density at radius 3 is 2.55 bits per heavy atom. The van der Waals surface area contributed by atoms with Gasteiger partial charge in [-0.2, -0.15) is 0 Å². The van der Waals surface area contributed by atoms with E-state index < -0.39 is 6.04 Å². The normalized spacial score (nSPS) is 18.0. The van der Waals surface area contributed by atoms with Crippen molar-refractivity contribution >= 4 is 39.5 Å². The van der Waals surface area contributed by atoms with Crippen molar-refractivity contribution in [1.29, 1.82) is 0 Å². The SMILES string of the molecule is O=C1NC(=O)N2CCN(C(=O)c3cc(-c4cccc5ccccc45)nc4ccccc34)CC12. The standard InChI is InChI=1S/C26H20N4O3/c31-24-23-15-29(12-13-30(23)26(33)28-24)25(32)20-14-22(27-21-11-4-3-9-19(20)21)18-10-5-7-16-6-1-2-8-17(16)18/h1-11,14,23H,12-13,15H2,(H,28,31,33). The molecule has 4 aromatic rings. The molecule has 0 bridgehead atoms. The summed E-state index contributed by atoms with van der Waals surface area (Å²) in [7, 11) is 0. The molecular weight excluding hydrogens is 416 g/mol. The van der Waals surface area contributed by atoms with E-state index in [1.54, 1.807) is 4.90 Å². The molecule has 2 fully saturated rings. The lowest BCUT2D eigenvalue weighted by molar-refractivity contribution is -0.122. The Kier molecular flexibility index (Phi) is 4.36. The first kappa shape index (κ1) is 19.4. The number of aromatic nitrogens is 1. The van der Waals surface area contributed by atoms with E-state index in [4.69, 9.17) is 4.98 Å². The third-order valence-electron chi connectivity index (χ3n) is 6.47. The number of nitrogens with one attached hydrogen (secondary N) is 1. The number of hydrogen-bond acceptors (Lipinski definition) is 4. The molecule has 7 nitrogen and oxygen atoms in total. The minimum absolute atomic E-state index is 0.165. The number of rotatable bonds is 2. The van der Waals surface area contributed by atoms with Crippen LogP contribution in [0.3, 0.4) is 0 Å². The molecule has 33 heavy (non-hydrogen) atoms. The van der Waals surface area contributed by atoms with Crippen LogP contribution in [0.15, 0.2) is 72.8 Å². The highest BCUT2D eigenvalue weighted by atomic mass is 16.2. The van der Waals surface area contributed by atoms with Gasteiger partial charge in [0.15, 0.2) is 0 Å². The van der Waals surface area contributed by atoms with Crippen molar-refractivity contribution in [3.05, 3.63) is 78.4 Å². The summed E-state index contributed by atoms with van der Waals surface area (Å²) in [5.74, 6) is -0.518. The number of benzene rings is 3. The predicted octanol–water partition coefficient (Wildman–Crippen LogP) is 3.43. The molecule has 0 saturated carbocycles. The van der Waals surface area contributed by atoms with Gasteiger partial charge in [0, 0.05) is 24.0 Å². The Bertz CT molecular complexity index is 1460. The fourth-order valence-electron chi connectivity index (χ4n) is 4.80. The van der Waals surface area contributed by atoms with Gasteiger partial charge in [0.1, 0.15) is 6.04 Å². The molecule has 2 saturated heterocycles. The average molecular weight is 436 g/mol. The number of para-hydroxylation sites is 1. The van der Waals surface area contributed by atoms with Crippen molar-refractivity contribution in [2.45, 2.75) is 6.04 Å². The Balaban J connectivity index is 1.45. The third kappa shape index (κ3) is 3.12. The molecule has 4 amide bonds. The van der Waals surface area contributed by atoms with E-state index >= 15 is 0 Å². The molecule has 1 unspecified atom stereocenters. The van der Waals surface area contributed by atoms with Crippen LogP contribution in [-0.2, 0) is 4.79 Å². The summed E-state index contributed by atoms with van der Waals surface area (Å²) < 4.78 is 0. The van der Waals surface area contributed by atoms with Gasteiger partial charge in [-0.15, -0.1) is 0 Å². The lowest BCUT2D eigenvalue weighted by Crippen LogP contribution is -2.54. The quantitative estimate of drug-likeness (QED) is 0.488. The maximum absolute atomic E-state index is 13.7. The Hall–Kier alpha value is -4.26. The summed E-state index contributed by atoms with van der Waals surface area (Å²) >= 11 is 0. The Labute approximate surface area is 189 Å². The van der Waals surface area contributed by atoms with E-state index in [1.807, 2.05) is 54.6 Å². The first-order chi connectivity index (χ1) is 16.1. The van der Waals surface area contributed by atoms with Crippen LogP contribution in [-0.4, -0.2) is 58.3 Å². The number of amides is 4. The number of urea groups is 1. The average Bonchev–Trinajstić information content (AvgIpc) is 3.15. The molecule has 0 spiro atoms. The third-order valence-corrected chi connectivity index (χ3v) is 6.47. The van der Waals surface area contributed by atoms with Gasteiger partial charge in [-0.25, -0.2) is 9.78 Å². The van der Waals surface area contributed by atoms with Crippen molar-refractivity contribution in [3.63, 3.8) is 0 Å². The van der Waals surface area contributed by atoms with E-state index in [0.717, 1.165) is 32.9 Å². The monoisotopic (exact) mass is 436 g/mol. The number of carbonyl (C=O) groups is 3. The Morgan fingerprint density at radius 1 is 0.909 bits per heavy atom. The molecule has 1 aromatic heterocycles. The van der Waals surface area contributed by atoms with Crippen molar-refractivity contribution in [2.75, 3.05) is 19.6 Å². The van der Waals surface area contributed by atoms with Gasteiger partial charge >= 0.3 is 6.03 Å². The van der Waals surface area contributed by atoms with Crippen LogP contribution in [0.25, 0.3) is 32.9 Å². The minimum Gasteiger partial charge on any atom is -0.334 e. The number of pyridine rings is 1. The molecule has 162 valence electrons. The zero-order valence-corrected chi connectivity index (χ0v) is 17.7. The smallest absolute Gasteiger partial charge is 0.324 e. The molecule has 1 atom stereocenters. The van der Waals surface area contributed by atoms with Crippen LogP contribution >= 0.6 is 0 Å². The molecule has 0 aliphatic carbocycles. The van der Waals surface area contributed by atoms with Gasteiger partial charge in [-0.1, -0.05) is 60.7 Å². The highest BCUT2D eigenvalue weighted by Crippen LogP contribution is 2.31. The summed E-state index contributed by atoms with van der Waals surface area (Å²) in [5.41, 5.74) is 2.96. The number of fused-ring (bicyclic) bond motifs is 3. The van der Waals surface area contributed by atoms with Crippen molar-refractivity contribution in [2.24, 2.45) is 0 Å². The largest absolute Gasteiger partial charge is 0.334 e. The van der Waals surface area contributed by atoms with Crippen molar-refractivity contribution in [3.8, 4) is 11.3 Å². The molecule has 3 aromatic carbocycles. The molecule has 2 aliphatic rings. The predicted molar refractivity (Wildman–Crippen MR) is 125 cm³/mol. The van der Waals surface area contributed by atoms with Crippen LogP contribution in [0, 0.1) is 0 Å². The Morgan fingerprint density at radius 2 is 1.67 bits per heavy atom. The van der Waals surface area contributed by atoms with Crippen LogP contribution < -0.4 is 5.32 Å². The van der Waals surface area contributed by atoms with Crippen LogP contribution in [0.4, 0.5) is 4.79 Å². The number of piperazine rings is 1. The number of imide groups is 1. The summed E-state index contributed by atoms with van der Waals surface area (Å²) in [6.07, 6.45) is 0. The van der Waals surface area contributed by atoms with Gasteiger partial charge in [0.25, 0.3) is 11.8 Å². The second-order valence-electron chi connectivity index (χ2n) is 8.35. The maximum atomic E-state index is 13.7. The van der Waals surface area contributed by atoms with E-state index in [2.05, 4.69) is 23.5 Å². The van der Waals surface area contributed by atoms with Gasteiger partial charge < -0.3 is 9.80 Å². The first-order valence-electron chi connectivity index (χ1n) is 10.9. The molecule has 0 radical (unpaired) electrons. The summed E-state index contributed by atoms with van der Waals surface area (Å²) in [6, 6.07) is 22.6. The van der Waals surface area contributed by atoms with E-state index in [9.17, 15) is 14.4 Å². The summed E-state index contributed by atoms with van der Waals surface area (Å²) in [6.45, 7) is 0.875. The summed E-state index contributed by atoms with van der Waals surface area (Å²) in [5, 5.41) is 5.27. The number of carbonyl (C=O) groups excluding carboxylic acids is 3. The van der Waals surface area contributed by atoms with E-state index in [-0.39, 0.29) is 24.4 Å². The lowest BCUT2D eigenvalue weighted by Gasteiger charge is -2.35. The zero-order valence-electron chi connectivity index (χ0n) is 17.7. The first-order valence-corrected chi connectivity index (χ1v) is 10.9. The van der Waals surface area contributed by atoms with Gasteiger partial charge in [-0.3, -0.25) is 14.9 Å². The highest BCUT2D eigenvalue weighted by Gasteiger charge is 2.43. The van der Waals surface area contributed by atoms with Crippen LogP contribution in [0.5, 0.6) is 0 Å². The number of hydrogen-bond donors (Lipinski definition) is 1. The number of nitrogens with zero attached hydrogens (tertiary/aromatic N) is 3. The fraction of sp³-hybridized carbons (Fsp3) is 0.154. The summed E-state index contributed by atoms with van der Waals surface area (Å²) in [4.78, 5) is 45.8. The molecule has 2 aliphatic heterocycles. The van der Waals surface area contributed by atoms with Gasteiger partial charge in [-0.05, 0) is 22.9 Å². The second-order valence-corrected chi connectivity index (χ2v) is 8.35. The second kappa shape index (κ2) is 7.41. The molecule has 7 heteroatoms. The topological polar surface area (TPSA) is 82.6 Å². The van der Waals surface area contributed by atoms with Crippen molar-refractivity contribution < 1.29 is 14.4 Å². The van der Waals surface area contributed by atoms with Crippen LogP contribution in [0.1, 0.15) is 10.4 Å². The van der Waals surface area contributed by atoms with Gasteiger partial charge in [0.05, 0.1) is 23.3 Å². The fourth-order valence-corrected chi connectivity index (χ4v) is 4.80. The van der Waals surface area contributed by atoms with Crippen molar-refractivity contribution in [1.82, 2.24) is 20.1 Å². The zero-order chi connectivity index (χ0) is 22.5. The molecule has 6 rings (SSSR count). The maximum Gasteiger partial charge on any atom is 0.324 e. The van der Waals surface area contributed by atoms with E-state index in [1.165, 1.54) is 4.90 Å². The minimum atomic E-state index is -0.638. The molecule has 1 N–H and O–H groups in total. The molecular formula is C26H20N4O3. The van der Waals surface area contributed by atoms with E-state index in [0.29, 0.717) is 18.7 Å².